The van der Waals surface area contributed by atoms with Crippen LogP contribution in [0.2, 0.25) is 0 Å². The van der Waals surface area contributed by atoms with Gasteiger partial charge in [0.1, 0.15) is 0 Å². The average molecular weight is 573 g/mol. The maximum Gasteiger partial charge on any atom is 0.220 e. The molecule has 4 nitrogen and oxygen atoms in total. The second-order valence-electron chi connectivity index (χ2n) is 11.1. The monoisotopic (exact) mass is 572 g/mol. The number of amides is 2. The Morgan fingerprint density at radius 1 is 0.342 bits per heavy atom. The van der Waals surface area contributed by atoms with Crippen LogP contribution in [0.25, 0.3) is 0 Å². The molecular formula is C32H64N2O2S2. The van der Waals surface area contributed by atoms with Gasteiger partial charge in [0.25, 0.3) is 0 Å². The third kappa shape index (κ3) is 31.9. The van der Waals surface area contributed by atoms with Crippen LogP contribution >= 0.6 is 25.3 Å². The second kappa shape index (κ2) is 32.8. The molecule has 0 heterocycles. The van der Waals surface area contributed by atoms with E-state index in [0.29, 0.717) is 25.9 Å². The van der Waals surface area contributed by atoms with E-state index in [0.717, 1.165) is 37.2 Å². The molecule has 0 aliphatic heterocycles. The molecule has 0 spiro atoms. The quantitative estimate of drug-likeness (QED) is 0.0494. The lowest BCUT2D eigenvalue weighted by atomic mass is 10.0. The minimum Gasteiger partial charge on any atom is -0.354 e. The summed E-state index contributed by atoms with van der Waals surface area (Å²) in [6, 6.07) is 0. The fourth-order valence-corrected chi connectivity index (χ4v) is 5.36. The first-order chi connectivity index (χ1) is 18.7. The van der Waals surface area contributed by atoms with Crippen LogP contribution in [0.1, 0.15) is 167 Å². The minimum absolute atomic E-state index is 0.116. The van der Waals surface area contributed by atoms with E-state index in [1.807, 2.05) is 0 Å². The van der Waals surface area contributed by atoms with E-state index in [4.69, 9.17) is 0 Å². The van der Waals surface area contributed by atoms with Gasteiger partial charge in [-0.05, 0) is 37.2 Å². The Morgan fingerprint density at radius 3 is 0.789 bits per heavy atom. The minimum atomic E-state index is 0.116. The van der Waals surface area contributed by atoms with Crippen LogP contribution in [0.4, 0.5) is 0 Å². The highest BCUT2D eigenvalue weighted by Gasteiger charge is 2.03. The molecule has 0 bridgehead atoms. The van der Waals surface area contributed by atoms with E-state index in [-0.39, 0.29) is 11.8 Å². The van der Waals surface area contributed by atoms with Crippen LogP contribution in [0.15, 0.2) is 0 Å². The van der Waals surface area contributed by atoms with Crippen molar-refractivity contribution in [2.45, 2.75) is 167 Å². The summed E-state index contributed by atoms with van der Waals surface area (Å²) < 4.78 is 0. The zero-order chi connectivity index (χ0) is 27.8. The fraction of sp³-hybridized carbons (Fsp3) is 0.938. The second-order valence-corrected chi connectivity index (χ2v) is 12.0. The summed E-state index contributed by atoms with van der Waals surface area (Å²) in [5.41, 5.74) is 0. The van der Waals surface area contributed by atoms with Crippen molar-refractivity contribution in [1.29, 1.82) is 0 Å². The van der Waals surface area contributed by atoms with E-state index >= 15 is 0 Å². The van der Waals surface area contributed by atoms with Gasteiger partial charge in [-0.2, -0.15) is 25.3 Å². The Labute approximate surface area is 248 Å². The maximum absolute atomic E-state index is 12.0. The van der Waals surface area contributed by atoms with E-state index < -0.39 is 0 Å². The summed E-state index contributed by atoms with van der Waals surface area (Å²) in [5, 5.41) is 5.88. The highest BCUT2D eigenvalue weighted by atomic mass is 32.1. The standard InChI is InChI=1S/C32H64N2O2S2/c35-31(25-21-17-13-9-5-1-3-7-11-15-19-23-29-37)33-27-28-34-32(36)26-22-18-14-10-6-2-4-8-12-16-20-24-30-38/h37-38H,1-30H2,(H,33,35)(H,34,36). The van der Waals surface area contributed by atoms with Crippen molar-refractivity contribution < 1.29 is 9.59 Å². The Hall–Kier alpha value is -0.360. The molecule has 0 radical (unpaired) electrons. The first-order valence-electron chi connectivity index (χ1n) is 16.5. The molecule has 0 aliphatic carbocycles. The van der Waals surface area contributed by atoms with E-state index in [1.165, 1.54) is 128 Å². The van der Waals surface area contributed by atoms with Gasteiger partial charge in [-0.15, -0.1) is 0 Å². The van der Waals surface area contributed by atoms with Gasteiger partial charge in [0.15, 0.2) is 0 Å². The van der Waals surface area contributed by atoms with Crippen molar-refractivity contribution in [2.24, 2.45) is 0 Å². The first kappa shape index (κ1) is 37.6. The lowest BCUT2D eigenvalue weighted by molar-refractivity contribution is -0.123. The fourth-order valence-electron chi connectivity index (χ4n) is 4.91. The van der Waals surface area contributed by atoms with Gasteiger partial charge in [0.2, 0.25) is 11.8 Å². The third-order valence-corrected chi connectivity index (χ3v) is 8.03. The van der Waals surface area contributed by atoms with Gasteiger partial charge in [0.05, 0.1) is 0 Å². The van der Waals surface area contributed by atoms with Crippen LogP contribution in [-0.4, -0.2) is 36.4 Å². The summed E-state index contributed by atoms with van der Waals surface area (Å²) in [5.74, 6) is 2.29. The molecule has 226 valence electrons. The van der Waals surface area contributed by atoms with Gasteiger partial charge >= 0.3 is 0 Å². The largest absolute Gasteiger partial charge is 0.354 e. The third-order valence-electron chi connectivity index (χ3n) is 7.39. The number of hydrogen-bond donors (Lipinski definition) is 4. The molecule has 0 aromatic carbocycles. The van der Waals surface area contributed by atoms with Crippen molar-refractivity contribution in [2.75, 3.05) is 24.6 Å². The van der Waals surface area contributed by atoms with Gasteiger partial charge in [-0.25, -0.2) is 0 Å². The molecule has 6 heteroatoms. The van der Waals surface area contributed by atoms with Crippen molar-refractivity contribution in [3.05, 3.63) is 0 Å². The highest BCUT2D eigenvalue weighted by Crippen LogP contribution is 2.14. The lowest BCUT2D eigenvalue weighted by Crippen LogP contribution is -2.34. The molecule has 0 aromatic rings. The summed E-state index contributed by atoms with van der Waals surface area (Å²) in [6.45, 7) is 1.07. The van der Waals surface area contributed by atoms with Crippen LogP contribution in [0.3, 0.4) is 0 Å². The zero-order valence-electron chi connectivity index (χ0n) is 24.9. The van der Waals surface area contributed by atoms with E-state index in [9.17, 15) is 9.59 Å². The smallest absolute Gasteiger partial charge is 0.220 e. The summed E-state index contributed by atoms with van der Waals surface area (Å²) in [4.78, 5) is 23.9. The predicted octanol–water partition coefficient (Wildman–Crippen LogP) is 9.22. The average Bonchev–Trinajstić information content (AvgIpc) is 2.92. The van der Waals surface area contributed by atoms with Gasteiger partial charge in [-0.3, -0.25) is 9.59 Å². The van der Waals surface area contributed by atoms with Crippen LogP contribution in [0, 0.1) is 0 Å². The molecule has 0 fully saturated rings. The number of nitrogens with one attached hydrogen (secondary N) is 2. The van der Waals surface area contributed by atoms with Crippen molar-refractivity contribution in [1.82, 2.24) is 10.6 Å². The number of rotatable bonds is 31. The molecule has 0 unspecified atom stereocenters. The number of carbonyl (C=O) groups excluding carboxylic acids is 2. The Bertz CT molecular complexity index is 462. The van der Waals surface area contributed by atoms with Crippen LogP contribution in [-0.2, 0) is 9.59 Å². The molecule has 2 N–H and O–H groups in total. The van der Waals surface area contributed by atoms with Crippen LogP contribution < -0.4 is 10.6 Å². The number of hydrogen-bond acceptors (Lipinski definition) is 4. The molecule has 38 heavy (non-hydrogen) atoms. The van der Waals surface area contributed by atoms with Crippen molar-refractivity contribution in [3.8, 4) is 0 Å². The van der Waals surface area contributed by atoms with Gasteiger partial charge in [-0.1, -0.05) is 128 Å². The summed E-state index contributed by atoms with van der Waals surface area (Å²) in [6.07, 6.45) is 32.1. The van der Waals surface area contributed by atoms with Gasteiger partial charge < -0.3 is 10.6 Å². The number of unbranched alkanes of at least 4 members (excludes halogenated alkanes) is 22. The molecule has 2 amide bonds. The molecule has 0 rings (SSSR count). The number of carbonyl (C=O) groups is 2. The maximum atomic E-state index is 12.0. The molecule has 0 saturated carbocycles. The molecule has 0 atom stereocenters. The Kier molecular flexibility index (Phi) is 32.5. The molecular weight excluding hydrogens is 508 g/mol. The van der Waals surface area contributed by atoms with Gasteiger partial charge in [0, 0.05) is 25.9 Å². The predicted molar refractivity (Wildman–Crippen MR) is 174 cm³/mol. The van der Waals surface area contributed by atoms with Crippen LogP contribution in [0.5, 0.6) is 0 Å². The molecule has 0 saturated heterocycles. The first-order valence-corrected chi connectivity index (χ1v) is 17.7. The highest BCUT2D eigenvalue weighted by molar-refractivity contribution is 7.80. The van der Waals surface area contributed by atoms with E-state index in [1.54, 1.807) is 0 Å². The SMILES string of the molecule is O=C(CCCCCCCCCCCCCCS)NCCNC(=O)CCCCCCCCCCCCCCS. The summed E-state index contributed by atoms with van der Waals surface area (Å²) in [7, 11) is 0. The zero-order valence-corrected chi connectivity index (χ0v) is 26.7. The molecule has 0 aliphatic rings. The lowest BCUT2D eigenvalue weighted by Gasteiger charge is -2.07. The van der Waals surface area contributed by atoms with Crippen molar-refractivity contribution >= 4 is 37.1 Å². The van der Waals surface area contributed by atoms with E-state index in [2.05, 4.69) is 35.9 Å². The topological polar surface area (TPSA) is 58.2 Å². The normalized spacial score (nSPS) is 11.1. The number of thiol groups is 2. The summed E-state index contributed by atoms with van der Waals surface area (Å²) >= 11 is 8.51. The molecule has 0 aromatic heterocycles. The Morgan fingerprint density at radius 2 is 0.553 bits per heavy atom. The van der Waals surface area contributed by atoms with Crippen molar-refractivity contribution in [3.63, 3.8) is 0 Å². The Balaban J connectivity index is 3.27.